The number of nitrogens with one attached hydrogen (secondary N) is 1. The molecule has 2 heterocycles. The average Bonchev–Trinajstić information content (AvgIpc) is 2.87. The van der Waals surface area contributed by atoms with E-state index >= 15 is 0 Å². The van der Waals surface area contributed by atoms with E-state index < -0.39 is 0 Å². The predicted octanol–water partition coefficient (Wildman–Crippen LogP) is 2.73. The molecule has 0 atom stereocenters. The Kier molecular flexibility index (Phi) is 2.44. The Hall–Kier alpha value is -2.03. The van der Waals surface area contributed by atoms with Gasteiger partial charge in [0.05, 0.1) is 12.3 Å². The van der Waals surface area contributed by atoms with Gasteiger partial charge >= 0.3 is 0 Å². The van der Waals surface area contributed by atoms with Crippen LogP contribution in [0.3, 0.4) is 0 Å². The van der Waals surface area contributed by atoms with Crippen LogP contribution >= 0.6 is 0 Å². The molecule has 0 bridgehead atoms. The summed E-state index contributed by atoms with van der Waals surface area (Å²) in [6.45, 7) is 0.776. The Balaban J connectivity index is 2.12. The van der Waals surface area contributed by atoms with Crippen molar-refractivity contribution < 1.29 is 4.74 Å². The summed E-state index contributed by atoms with van der Waals surface area (Å²) in [4.78, 5) is 4.42. The van der Waals surface area contributed by atoms with E-state index in [2.05, 4.69) is 28.5 Å². The zero-order chi connectivity index (χ0) is 11.7. The lowest BCUT2D eigenvalue weighted by atomic mass is 10.0. The van der Waals surface area contributed by atoms with Crippen LogP contribution in [-0.2, 0) is 6.42 Å². The van der Waals surface area contributed by atoms with Crippen molar-refractivity contribution in [1.82, 2.24) is 4.98 Å². The Labute approximate surface area is 100 Å². The molecule has 3 heteroatoms. The van der Waals surface area contributed by atoms with Gasteiger partial charge in [-0.15, -0.1) is 0 Å². The van der Waals surface area contributed by atoms with Crippen molar-refractivity contribution in [3.63, 3.8) is 0 Å². The Morgan fingerprint density at radius 2 is 2.24 bits per heavy atom. The Morgan fingerprint density at radius 1 is 1.29 bits per heavy atom. The van der Waals surface area contributed by atoms with Crippen molar-refractivity contribution >= 4 is 5.69 Å². The molecule has 3 rings (SSSR count). The fourth-order valence-electron chi connectivity index (χ4n) is 2.15. The summed E-state index contributed by atoms with van der Waals surface area (Å²) in [7, 11) is 1.91. The topological polar surface area (TPSA) is 34.2 Å². The largest absolute Gasteiger partial charge is 0.492 e. The highest BCUT2D eigenvalue weighted by atomic mass is 16.5. The Morgan fingerprint density at radius 3 is 3.12 bits per heavy atom. The third-order valence-corrected chi connectivity index (χ3v) is 3.04. The fourth-order valence-corrected chi connectivity index (χ4v) is 2.15. The van der Waals surface area contributed by atoms with Crippen LogP contribution in [0.5, 0.6) is 5.75 Å². The van der Waals surface area contributed by atoms with E-state index in [0.29, 0.717) is 0 Å². The lowest BCUT2D eigenvalue weighted by Crippen LogP contribution is -1.92. The molecule has 1 aromatic heterocycles. The second kappa shape index (κ2) is 4.09. The van der Waals surface area contributed by atoms with E-state index in [1.807, 2.05) is 25.4 Å². The number of rotatable bonds is 2. The van der Waals surface area contributed by atoms with Gasteiger partial charge in [-0.1, -0.05) is 12.1 Å². The zero-order valence-electron chi connectivity index (χ0n) is 9.73. The molecule has 0 saturated heterocycles. The minimum absolute atomic E-state index is 0.776. The first kappa shape index (κ1) is 10.1. The molecular weight excluding hydrogens is 212 g/mol. The van der Waals surface area contributed by atoms with Crippen LogP contribution in [0, 0.1) is 0 Å². The number of hydrogen-bond acceptors (Lipinski definition) is 3. The van der Waals surface area contributed by atoms with Gasteiger partial charge in [-0.05, 0) is 23.8 Å². The van der Waals surface area contributed by atoms with Gasteiger partial charge in [-0.3, -0.25) is 4.98 Å². The third-order valence-electron chi connectivity index (χ3n) is 3.04. The quantitative estimate of drug-likeness (QED) is 0.855. The van der Waals surface area contributed by atoms with Gasteiger partial charge in [0.1, 0.15) is 5.75 Å². The van der Waals surface area contributed by atoms with Crippen molar-refractivity contribution in [2.45, 2.75) is 6.42 Å². The van der Waals surface area contributed by atoms with Crippen LogP contribution in [0.2, 0.25) is 0 Å². The molecule has 1 aliphatic heterocycles. The van der Waals surface area contributed by atoms with E-state index in [4.69, 9.17) is 4.74 Å². The van der Waals surface area contributed by atoms with Gasteiger partial charge in [0.2, 0.25) is 0 Å². The summed E-state index contributed by atoms with van der Waals surface area (Å²) in [6, 6.07) is 10.2. The number of benzene rings is 1. The number of pyridine rings is 1. The SMILES string of the molecule is CNc1ccnc(-c2cccc3c2OCC3)c1. The number of ether oxygens (including phenoxy) is 1. The second-order valence-corrected chi connectivity index (χ2v) is 4.07. The molecule has 0 unspecified atom stereocenters. The number of fused-ring (bicyclic) bond motifs is 1. The smallest absolute Gasteiger partial charge is 0.132 e. The van der Waals surface area contributed by atoms with Crippen LogP contribution in [0.4, 0.5) is 5.69 Å². The molecule has 1 aromatic carbocycles. The maximum absolute atomic E-state index is 5.70. The Bertz CT molecular complexity index is 552. The van der Waals surface area contributed by atoms with Crippen molar-refractivity contribution in [2.24, 2.45) is 0 Å². The summed E-state index contributed by atoms with van der Waals surface area (Å²) in [6.07, 6.45) is 2.81. The first-order valence-corrected chi connectivity index (χ1v) is 5.77. The van der Waals surface area contributed by atoms with Crippen LogP contribution in [0.1, 0.15) is 5.56 Å². The number of hydrogen-bond donors (Lipinski definition) is 1. The van der Waals surface area contributed by atoms with Gasteiger partial charge in [-0.2, -0.15) is 0 Å². The van der Waals surface area contributed by atoms with E-state index in [9.17, 15) is 0 Å². The van der Waals surface area contributed by atoms with E-state index in [1.165, 1.54) is 5.56 Å². The molecule has 0 aliphatic carbocycles. The summed E-state index contributed by atoms with van der Waals surface area (Å²) >= 11 is 0. The molecule has 0 saturated carbocycles. The molecule has 1 aliphatic rings. The molecule has 1 N–H and O–H groups in total. The molecule has 3 nitrogen and oxygen atoms in total. The molecule has 0 fully saturated rings. The van der Waals surface area contributed by atoms with Gasteiger partial charge in [0, 0.05) is 30.9 Å². The van der Waals surface area contributed by atoms with Crippen molar-refractivity contribution in [3.05, 3.63) is 42.1 Å². The van der Waals surface area contributed by atoms with Crippen LogP contribution in [-0.4, -0.2) is 18.6 Å². The number of anilines is 1. The lowest BCUT2D eigenvalue weighted by Gasteiger charge is -2.08. The highest BCUT2D eigenvalue weighted by molar-refractivity contribution is 5.72. The zero-order valence-corrected chi connectivity index (χ0v) is 9.73. The maximum atomic E-state index is 5.70. The van der Waals surface area contributed by atoms with E-state index in [1.54, 1.807) is 0 Å². The fraction of sp³-hybridized carbons (Fsp3) is 0.214. The van der Waals surface area contributed by atoms with E-state index in [0.717, 1.165) is 35.7 Å². The first-order chi connectivity index (χ1) is 8.38. The first-order valence-electron chi connectivity index (χ1n) is 5.77. The second-order valence-electron chi connectivity index (χ2n) is 4.07. The predicted molar refractivity (Wildman–Crippen MR) is 68.4 cm³/mol. The average molecular weight is 226 g/mol. The monoisotopic (exact) mass is 226 g/mol. The van der Waals surface area contributed by atoms with Crippen LogP contribution in [0.25, 0.3) is 11.3 Å². The molecular formula is C14H14N2O. The summed E-state index contributed by atoms with van der Waals surface area (Å²) < 4.78 is 5.70. The van der Waals surface area contributed by atoms with Crippen LogP contribution in [0.15, 0.2) is 36.5 Å². The summed E-state index contributed by atoms with van der Waals surface area (Å²) in [5, 5.41) is 3.12. The molecule has 0 radical (unpaired) electrons. The summed E-state index contributed by atoms with van der Waals surface area (Å²) in [5.41, 5.74) is 4.37. The van der Waals surface area contributed by atoms with E-state index in [-0.39, 0.29) is 0 Å². The van der Waals surface area contributed by atoms with Crippen molar-refractivity contribution in [3.8, 4) is 17.0 Å². The molecule has 86 valence electrons. The number of aromatic nitrogens is 1. The number of nitrogens with zero attached hydrogens (tertiary/aromatic N) is 1. The lowest BCUT2D eigenvalue weighted by molar-refractivity contribution is 0.358. The van der Waals surface area contributed by atoms with Gasteiger partial charge in [0.15, 0.2) is 0 Å². The third kappa shape index (κ3) is 1.73. The van der Waals surface area contributed by atoms with Gasteiger partial charge in [0.25, 0.3) is 0 Å². The van der Waals surface area contributed by atoms with Crippen molar-refractivity contribution in [2.75, 3.05) is 19.0 Å². The van der Waals surface area contributed by atoms with Crippen LogP contribution < -0.4 is 10.1 Å². The highest BCUT2D eigenvalue weighted by Gasteiger charge is 2.17. The van der Waals surface area contributed by atoms with Gasteiger partial charge in [-0.25, -0.2) is 0 Å². The standard InChI is InChI=1S/C14H14N2O/c1-15-11-5-7-16-13(9-11)12-4-2-3-10-6-8-17-14(10)12/h2-5,7,9H,6,8H2,1H3,(H,15,16). The minimum atomic E-state index is 0.776. The minimum Gasteiger partial charge on any atom is -0.492 e. The highest BCUT2D eigenvalue weighted by Crippen LogP contribution is 2.36. The normalized spacial score (nSPS) is 13.0. The molecule has 0 amide bonds. The number of para-hydroxylation sites is 1. The molecule has 0 spiro atoms. The molecule has 17 heavy (non-hydrogen) atoms. The van der Waals surface area contributed by atoms with Crippen molar-refractivity contribution in [1.29, 1.82) is 0 Å². The molecule has 2 aromatic rings. The maximum Gasteiger partial charge on any atom is 0.132 e. The summed E-state index contributed by atoms with van der Waals surface area (Å²) in [5.74, 6) is 0.994. The van der Waals surface area contributed by atoms with Gasteiger partial charge < -0.3 is 10.1 Å².